The topological polar surface area (TPSA) is 101 Å². The second-order valence-electron chi connectivity index (χ2n) is 10.1. The molecule has 3 N–H and O–H groups in total. The summed E-state index contributed by atoms with van der Waals surface area (Å²) in [4.78, 5) is 29.8. The Hall–Kier alpha value is -4.51. The molecule has 0 bridgehead atoms. The van der Waals surface area contributed by atoms with Crippen LogP contribution in [0.1, 0.15) is 45.7 Å². The number of anilines is 2. The summed E-state index contributed by atoms with van der Waals surface area (Å²) in [6.07, 6.45) is -1.44. The van der Waals surface area contributed by atoms with Gasteiger partial charge in [-0.3, -0.25) is 14.5 Å². The van der Waals surface area contributed by atoms with Crippen LogP contribution in [-0.4, -0.2) is 54.5 Å². The quantitative estimate of drug-likeness (QED) is 0.227. The highest BCUT2D eigenvalue weighted by Gasteiger charge is 2.34. The van der Waals surface area contributed by atoms with Crippen LogP contribution in [0.15, 0.2) is 77.2 Å². The number of rotatable bonds is 9. The third kappa shape index (κ3) is 6.85. The number of alkyl halides is 3. The van der Waals surface area contributed by atoms with Crippen molar-refractivity contribution in [3.63, 3.8) is 0 Å². The molecule has 1 aliphatic rings. The van der Waals surface area contributed by atoms with Crippen LogP contribution in [0.5, 0.6) is 5.75 Å². The molecule has 2 heterocycles. The lowest BCUT2D eigenvalue weighted by Gasteiger charge is -2.32. The van der Waals surface area contributed by atoms with Crippen LogP contribution >= 0.6 is 0 Å². The van der Waals surface area contributed by atoms with E-state index in [4.69, 9.17) is 14.9 Å². The standard InChI is InChI=1S/C31H31F3N4O4/c32-31(33,34)24-7-6-10-27-23(24)19-28(42-27)30(40)38(20-37-15-4-1-5-16-37)17-18-41-22-13-11-21(12-14-22)29(39)36-26-9-3-2-8-25(26)35/h2-3,6-14,19H,1,4-5,15-18,20,35H2,(H,36,39). The number of carbonyl (C=O) groups is 2. The number of furan rings is 1. The van der Waals surface area contributed by atoms with Crippen molar-refractivity contribution in [3.05, 3.63) is 89.7 Å². The van der Waals surface area contributed by atoms with E-state index >= 15 is 0 Å². The fraction of sp³-hybridized carbons (Fsp3) is 0.290. The van der Waals surface area contributed by atoms with E-state index in [1.165, 1.54) is 17.0 Å². The summed E-state index contributed by atoms with van der Waals surface area (Å²) >= 11 is 0. The minimum Gasteiger partial charge on any atom is -0.492 e. The van der Waals surface area contributed by atoms with E-state index in [9.17, 15) is 22.8 Å². The van der Waals surface area contributed by atoms with E-state index in [-0.39, 0.29) is 35.8 Å². The fourth-order valence-corrected chi connectivity index (χ4v) is 4.93. The van der Waals surface area contributed by atoms with E-state index in [2.05, 4.69) is 10.2 Å². The number of nitrogen functional groups attached to an aromatic ring is 1. The predicted molar refractivity (Wildman–Crippen MR) is 153 cm³/mol. The highest BCUT2D eigenvalue weighted by molar-refractivity contribution is 6.05. The van der Waals surface area contributed by atoms with Crippen molar-refractivity contribution in [2.45, 2.75) is 25.4 Å². The van der Waals surface area contributed by atoms with E-state index < -0.39 is 17.6 Å². The Morgan fingerprint density at radius 1 is 0.976 bits per heavy atom. The first-order valence-corrected chi connectivity index (χ1v) is 13.7. The third-order valence-electron chi connectivity index (χ3n) is 7.14. The zero-order chi connectivity index (χ0) is 29.7. The monoisotopic (exact) mass is 580 g/mol. The molecule has 0 atom stereocenters. The van der Waals surface area contributed by atoms with E-state index in [0.717, 1.165) is 44.5 Å². The smallest absolute Gasteiger partial charge is 0.417 e. The molecule has 11 heteroatoms. The van der Waals surface area contributed by atoms with Gasteiger partial charge < -0.3 is 25.1 Å². The molecular formula is C31H31F3N4O4. The molecule has 0 spiro atoms. The summed E-state index contributed by atoms with van der Waals surface area (Å²) in [6.45, 7) is 2.24. The van der Waals surface area contributed by atoms with Crippen molar-refractivity contribution in [3.8, 4) is 5.75 Å². The van der Waals surface area contributed by atoms with Gasteiger partial charge in [0.25, 0.3) is 11.8 Å². The molecule has 220 valence electrons. The van der Waals surface area contributed by atoms with Crippen LogP contribution in [0, 0.1) is 0 Å². The van der Waals surface area contributed by atoms with Crippen molar-refractivity contribution in [1.82, 2.24) is 9.80 Å². The summed E-state index contributed by atoms with van der Waals surface area (Å²) in [6, 6.07) is 18.3. The largest absolute Gasteiger partial charge is 0.492 e. The molecule has 8 nitrogen and oxygen atoms in total. The van der Waals surface area contributed by atoms with E-state index in [1.54, 1.807) is 48.5 Å². The number of fused-ring (bicyclic) bond motifs is 1. The molecule has 1 aromatic heterocycles. The zero-order valence-corrected chi connectivity index (χ0v) is 22.8. The molecule has 5 rings (SSSR count). The average Bonchev–Trinajstić information content (AvgIpc) is 3.42. The van der Waals surface area contributed by atoms with Crippen LogP contribution in [0.4, 0.5) is 24.5 Å². The number of halogens is 3. The first-order valence-electron chi connectivity index (χ1n) is 13.7. The minimum atomic E-state index is -4.57. The van der Waals surface area contributed by atoms with Crippen molar-refractivity contribution >= 4 is 34.2 Å². The summed E-state index contributed by atoms with van der Waals surface area (Å²) in [5, 5.41) is 2.62. The normalized spacial score (nSPS) is 14.1. The van der Waals surface area contributed by atoms with Crippen LogP contribution in [0.3, 0.4) is 0 Å². The summed E-state index contributed by atoms with van der Waals surface area (Å²) in [5.74, 6) is -0.499. The van der Waals surface area contributed by atoms with Crippen molar-refractivity contribution in [2.75, 3.05) is 44.0 Å². The lowest BCUT2D eigenvalue weighted by molar-refractivity contribution is -0.136. The maximum absolute atomic E-state index is 13.5. The lowest BCUT2D eigenvalue weighted by Crippen LogP contribution is -2.45. The molecular weight excluding hydrogens is 549 g/mol. The number of nitrogens with one attached hydrogen (secondary N) is 1. The number of nitrogens with two attached hydrogens (primary N) is 1. The summed E-state index contributed by atoms with van der Waals surface area (Å²) < 4.78 is 52.0. The molecule has 3 aromatic carbocycles. The number of hydrogen-bond acceptors (Lipinski definition) is 6. The molecule has 0 unspecified atom stereocenters. The first kappa shape index (κ1) is 29.0. The second-order valence-corrected chi connectivity index (χ2v) is 10.1. The number of hydrogen-bond donors (Lipinski definition) is 2. The van der Waals surface area contributed by atoms with E-state index in [1.807, 2.05) is 0 Å². The lowest BCUT2D eigenvalue weighted by atomic mass is 10.1. The molecule has 2 amide bonds. The van der Waals surface area contributed by atoms with Gasteiger partial charge in [0.05, 0.1) is 30.2 Å². The number of likely N-dealkylation sites (tertiary alicyclic amines) is 1. The molecule has 0 radical (unpaired) electrons. The van der Waals surface area contributed by atoms with Crippen LogP contribution in [0.2, 0.25) is 0 Å². The highest BCUT2D eigenvalue weighted by atomic mass is 19.4. The number of para-hydroxylation sites is 2. The molecule has 4 aromatic rings. The Balaban J connectivity index is 1.25. The predicted octanol–water partition coefficient (Wildman–Crippen LogP) is 6.25. The van der Waals surface area contributed by atoms with Gasteiger partial charge in [0.2, 0.25) is 0 Å². The molecule has 1 fully saturated rings. The Labute approximate surface area is 240 Å². The maximum atomic E-state index is 13.5. The third-order valence-corrected chi connectivity index (χ3v) is 7.14. The van der Waals surface area contributed by atoms with Gasteiger partial charge in [-0.1, -0.05) is 24.6 Å². The van der Waals surface area contributed by atoms with Crippen molar-refractivity contribution < 1.29 is 31.9 Å². The molecule has 1 aliphatic heterocycles. The second kappa shape index (κ2) is 12.6. The van der Waals surface area contributed by atoms with Gasteiger partial charge >= 0.3 is 6.18 Å². The van der Waals surface area contributed by atoms with E-state index in [0.29, 0.717) is 29.4 Å². The fourth-order valence-electron chi connectivity index (χ4n) is 4.93. The highest BCUT2D eigenvalue weighted by Crippen LogP contribution is 2.36. The van der Waals surface area contributed by atoms with Gasteiger partial charge in [0.15, 0.2) is 5.76 Å². The van der Waals surface area contributed by atoms with Crippen LogP contribution in [0.25, 0.3) is 11.0 Å². The average molecular weight is 581 g/mol. The van der Waals surface area contributed by atoms with Crippen LogP contribution < -0.4 is 15.8 Å². The van der Waals surface area contributed by atoms with Gasteiger partial charge in [-0.15, -0.1) is 0 Å². The van der Waals surface area contributed by atoms with Gasteiger partial charge in [-0.05, 0) is 80.5 Å². The van der Waals surface area contributed by atoms with Gasteiger partial charge in [-0.2, -0.15) is 13.2 Å². The number of carbonyl (C=O) groups excluding carboxylic acids is 2. The van der Waals surface area contributed by atoms with Crippen molar-refractivity contribution in [1.29, 1.82) is 0 Å². The number of ether oxygens (including phenoxy) is 1. The zero-order valence-electron chi connectivity index (χ0n) is 22.8. The SMILES string of the molecule is Nc1ccccc1NC(=O)c1ccc(OCCN(CN2CCCCC2)C(=O)c2cc3c(C(F)(F)F)cccc3o2)cc1. The number of benzene rings is 3. The minimum absolute atomic E-state index is 0.00132. The first-order chi connectivity index (χ1) is 20.2. The van der Waals surface area contributed by atoms with Gasteiger partial charge in [0.1, 0.15) is 17.9 Å². The molecule has 1 saturated heterocycles. The molecule has 0 aliphatic carbocycles. The maximum Gasteiger partial charge on any atom is 0.417 e. The number of amides is 2. The van der Waals surface area contributed by atoms with Gasteiger partial charge in [-0.25, -0.2) is 0 Å². The molecule has 42 heavy (non-hydrogen) atoms. The Kier molecular flexibility index (Phi) is 8.67. The Bertz CT molecular complexity index is 1550. The Morgan fingerprint density at radius 2 is 1.71 bits per heavy atom. The summed E-state index contributed by atoms with van der Waals surface area (Å²) in [7, 11) is 0. The van der Waals surface area contributed by atoms with Gasteiger partial charge in [0, 0.05) is 10.9 Å². The Morgan fingerprint density at radius 3 is 2.43 bits per heavy atom. The molecule has 0 saturated carbocycles. The number of piperidine rings is 1. The van der Waals surface area contributed by atoms with Crippen molar-refractivity contribution in [2.24, 2.45) is 0 Å². The number of nitrogens with zero attached hydrogens (tertiary/aromatic N) is 2. The summed E-state index contributed by atoms with van der Waals surface area (Å²) in [5.41, 5.74) is 6.43. The van der Waals surface area contributed by atoms with Crippen LogP contribution in [-0.2, 0) is 6.18 Å².